The van der Waals surface area contributed by atoms with Crippen molar-refractivity contribution in [1.29, 1.82) is 0 Å². The fourth-order valence-electron chi connectivity index (χ4n) is 3.02. The van der Waals surface area contributed by atoms with Crippen LogP contribution in [0.3, 0.4) is 0 Å². The predicted octanol–water partition coefficient (Wildman–Crippen LogP) is 1.77. The minimum Gasteiger partial charge on any atom is -0.333 e. The van der Waals surface area contributed by atoms with E-state index in [-0.39, 0.29) is 11.9 Å². The van der Waals surface area contributed by atoms with Crippen molar-refractivity contribution < 1.29 is 4.79 Å². The lowest BCUT2D eigenvalue weighted by molar-refractivity contribution is -0.134. The van der Waals surface area contributed by atoms with E-state index in [9.17, 15) is 4.79 Å². The topological polar surface area (TPSA) is 56.0 Å². The number of amides is 1. The molecule has 0 radical (unpaired) electrons. The van der Waals surface area contributed by atoms with Crippen LogP contribution >= 0.6 is 0 Å². The third-order valence-corrected chi connectivity index (χ3v) is 4.16. The second-order valence-electron chi connectivity index (χ2n) is 5.45. The summed E-state index contributed by atoms with van der Waals surface area (Å²) in [5, 5.41) is 0. The maximum atomic E-state index is 12.7. The first-order valence-electron chi connectivity index (χ1n) is 7.49. The van der Waals surface area contributed by atoms with Crippen LogP contribution in [-0.4, -0.2) is 36.5 Å². The first-order chi connectivity index (χ1) is 10.2. The summed E-state index contributed by atoms with van der Waals surface area (Å²) in [4.78, 5) is 23.3. The summed E-state index contributed by atoms with van der Waals surface area (Å²) in [5.41, 5.74) is 0. The standard InChI is InChI=1S/C15H21N5O/c1-3-13-15-17-6-9-18(15)7-4-8-20(13)14(21)11-19-10-5-16-12(19)2/h5-6,9-10,13H,3-4,7-8,11H2,1-2H3. The van der Waals surface area contributed by atoms with E-state index in [0.29, 0.717) is 6.54 Å². The van der Waals surface area contributed by atoms with Gasteiger partial charge in [0.15, 0.2) is 0 Å². The third-order valence-electron chi connectivity index (χ3n) is 4.16. The van der Waals surface area contributed by atoms with Gasteiger partial charge in [-0.3, -0.25) is 4.79 Å². The summed E-state index contributed by atoms with van der Waals surface area (Å²) in [5.74, 6) is 2.01. The molecule has 0 spiro atoms. The number of imidazole rings is 2. The van der Waals surface area contributed by atoms with Gasteiger partial charge in [0.1, 0.15) is 18.2 Å². The molecule has 0 aliphatic carbocycles. The van der Waals surface area contributed by atoms with Crippen LogP contribution in [0, 0.1) is 6.92 Å². The van der Waals surface area contributed by atoms with Gasteiger partial charge in [0.05, 0.1) is 6.04 Å². The Kier molecular flexibility index (Phi) is 3.77. The molecule has 0 saturated carbocycles. The Morgan fingerprint density at radius 2 is 2.10 bits per heavy atom. The van der Waals surface area contributed by atoms with Gasteiger partial charge in [-0.1, -0.05) is 6.92 Å². The molecule has 1 aliphatic heterocycles. The van der Waals surface area contributed by atoms with Crippen LogP contribution in [0.2, 0.25) is 0 Å². The van der Waals surface area contributed by atoms with E-state index in [4.69, 9.17) is 0 Å². The van der Waals surface area contributed by atoms with Crippen molar-refractivity contribution in [3.8, 4) is 0 Å². The number of rotatable bonds is 3. The maximum absolute atomic E-state index is 12.7. The van der Waals surface area contributed by atoms with Crippen molar-refractivity contribution in [2.24, 2.45) is 0 Å². The van der Waals surface area contributed by atoms with Crippen molar-refractivity contribution in [3.05, 3.63) is 36.4 Å². The minimum absolute atomic E-state index is 0.0684. The summed E-state index contributed by atoms with van der Waals surface area (Å²) in [6.07, 6.45) is 9.26. The second kappa shape index (κ2) is 5.71. The third kappa shape index (κ3) is 2.57. The van der Waals surface area contributed by atoms with Crippen molar-refractivity contribution in [2.45, 2.75) is 45.8 Å². The molecule has 112 valence electrons. The Bertz CT molecular complexity index is 630. The summed E-state index contributed by atoms with van der Waals surface area (Å²) < 4.78 is 4.07. The van der Waals surface area contributed by atoms with Crippen LogP contribution in [0.15, 0.2) is 24.8 Å². The number of aryl methyl sites for hydroxylation is 2. The Morgan fingerprint density at radius 1 is 1.29 bits per heavy atom. The number of hydrogen-bond acceptors (Lipinski definition) is 3. The molecule has 2 aromatic rings. The molecule has 1 amide bonds. The highest BCUT2D eigenvalue weighted by atomic mass is 16.2. The molecule has 0 saturated heterocycles. The Hall–Kier alpha value is -2.11. The van der Waals surface area contributed by atoms with Crippen LogP contribution in [-0.2, 0) is 17.9 Å². The highest BCUT2D eigenvalue weighted by Crippen LogP contribution is 2.26. The van der Waals surface area contributed by atoms with E-state index in [1.807, 2.05) is 35.0 Å². The normalized spacial score (nSPS) is 18.4. The molecule has 3 heterocycles. The molecular weight excluding hydrogens is 266 g/mol. The lowest BCUT2D eigenvalue weighted by atomic mass is 10.1. The van der Waals surface area contributed by atoms with E-state index < -0.39 is 0 Å². The highest BCUT2D eigenvalue weighted by Gasteiger charge is 2.29. The van der Waals surface area contributed by atoms with Gasteiger partial charge in [-0.2, -0.15) is 0 Å². The Morgan fingerprint density at radius 3 is 2.81 bits per heavy atom. The number of carbonyl (C=O) groups excluding carboxylic acids is 1. The van der Waals surface area contributed by atoms with Crippen molar-refractivity contribution >= 4 is 5.91 Å². The van der Waals surface area contributed by atoms with Crippen LogP contribution < -0.4 is 0 Å². The molecule has 1 aliphatic rings. The maximum Gasteiger partial charge on any atom is 0.243 e. The van der Waals surface area contributed by atoms with E-state index in [0.717, 1.165) is 37.6 Å². The minimum atomic E-state index is 0.0684. The van der Waals surface area contributed by atoms with Gasteiger partial charge in [-0.25, -0.2) is 9.97 Å². The van der Waals surface area contributed by atoms with E-state index >= 15 is 0 Å². The van der Waals surface area contributed by atoms with Gasteiger partial charge in [0, 0.05) is 37.9 Å². The largest absolute Gasteiger partial charge is 0.333 e. The fraction of sp³-hybridized carbons (Fsp3) is 0.533. The highest BCUT2D eigenvalue weighted by molar-refractivity contribution is 5.76. The van der Waals surface area contributed by atoms with Gasteiger partial charge in [0.25, 0.3) is 0 Å². The SMILES string of the molecule is CCC1c2nccn2CCCN1C(=O)Cn1ccnc1C. The van der Waals surface area contributed by atoms with Crippen molar-refractivity contribution in [3.63, 3.8) is 0 Å². The lowest BCUT2D eigenvalue weighted by Crippen LogP contribution is -2.37. The first kappa shape index (κ1) is 13.9. The molecule has 3 rings (SSSR count). The Labute approximate surface area is 124 Å². The quantitative estimate of drug-likeness (QED) is 0.864. The summed E-state index contributed by atoms with van der Waals surface area (Å²) >= 11 is 0. The van der Waals surface area contributed by atoms with Gasteiger partial charge < -0.3 is 14.0 Å². The fourth-order valence-corrected chi connectivity index (χ4v) is 3.02. The number of fused-ring (bicyclic) bond motifs is 1. The number of aromatic nitrogens is 4. The number of carbonyl (C=O) groups is 1. The zero-order valence-corrected chi connectivity index (χ0v) is 12.6. The predicted molar refractivity (Wildman–Crippen MR) is 78.6 cm³/mol. The molecule has 0 aromatic carbocycles. The van der Waals surface area contributed by atoms with Gasteiger partial charge in [0.2, 0.25) is 5.91 Å². The summed E-state index contributed by atoms with van der Waals surface area (Å²) in [7, 11) is 0. The van der Waals surface area contributed by atoms with E-state index in [2.05, 4.69) is 21.5 Å². The zero-order chi connectivity index (χ0) is 14.8. The molecule has 6 nitrogen and oxygen atoms in total. The van der Waals surface area contributed by atoms with Gasteiger partial charge in [-0.05, 0) is 19.8 Å². The molecule has 0 N–H and O–H groups in total. The first-order valence-corrected chi connectivity index (χ1v) is 7.49. The molecule has 0 bridgehead atoms. The number of hydrogen-bond donors (Lipinski definition) is 0. The molecule has 2 aromatic heterocycles. The lowest BCUT2D eigenvalue weighted by Gasteiger charge is -2.29. The molecular formula is C15H21N5O. The summed E-state index contributed by atoms with van der Waals surface area (Å²) in [6, 6.07) is 0.0684. The van der Waals surface area contributed by atoms with Crippen LogP contribution in [0.1, 0.15) is 37.5 Å². The average Bonchev–Trinajstić information content (AvgIpc) is 3.04. The smallest absolute Gasteiger partial charge is 0.243 e. The van der Waals surface area contributed by atoms with Crippen LogP contribution in [0.25, 0.3) is 0 Å². The summed E-state index contributed by atoms with van der Waals surface area (Å²) in [6.45, 7) is 6.09. The van der Waals surface area contributed by atoms with E-state index in [1.54, 1.807) is 6.20 Å². The Balaban J connectivity index is 1.83. The van der Waals surface area contributed by atoms with Crippen molar-refractivity contribution in [1.82, 2.24) is 24.0 Å². The van der Waals surface area contributed by atoms with Gasteiger partial charge >= 0.3 is 0 Å². The molecule has 1 atom stereocenters. The molecule has 0 fully saturated rings. The monoisotopic (exact) mass is 287 g/mol. The van der Waals surface area contributed by atoms with Crippen LogP contribution in [0.4, 0.5) is 0 Å². The van der Waals surface area contributed by atoms with Crippen LogP contribution in [0.5, 0.6) is 0 Å². The second-order valence-corrected chi connectivity index (χ2v) is 5.45. The van der Waals surface area contributed by atoms with Crippen molar-refractivity contribution in [2.75, 3.05) is 6.54 Å². The van der Waals surface area contributed by atoms with Gasteiger partial charge in [-0.15, -0.1) is 0 Å². The molecule has 1 unspecified atom stereocenters. The molecule has 6 heteroatoms. The average molecular weight is 287 g/mol. The van der Waals surface area contributed by atoms with E-state index in [1.165, 1.54) is 0 Å². The zero-order valence-electron chi connectivity index (χ0n) is 12.6. The number of nitrogens with zero attached hydrogens (tertiary/aromatic N) is 5. The molecule has 21 heavy (non-hydrogen) atoms.